The number of thiazole rings is 1. The van der Waals surface area contributed by atoms with Gasteiger partial charge in [-0.25, -0.2) is 13.4 Å². The van der Waals surface area contributed by atoms with Crippen LogP contribution < -0.4 is 9.21 Å². The zero-order valence-electron chi connectivity index (χ0n) is 22.9. The molecule has 2 heterocycles. The van der Waals surface area contributed by atoms with E-state index in [4.69, 9.17) is 16.6 Å². The van der Waals surface area contributed by atoms with Crippen molar-refractivity contribution in [2.24, 2.45) is 0 Å². The highest BCUT2D eigenvalue weighted by atomic mass is 35.5. The molecule has 0 unspecified atom stereocenters. The maximum atomic E-state index is 13.9. The molecule has 0 aliphatic carbocycles. The summed E-state index contributed by atoms with van der Waals surface area (Å²) < 4.78 is 29.6. The standard InChI is InChI=1S/C30H33ClN4O3S2/c1-4-33(5-2)17-18-34(30-32-28-21(3)19-24(31)20-27(28)39-30)29(36)23-12-14-25(15-13-23)40(37,38)35-16-8-10-22-9-6-7-11-26(22)35/h6-7,9,11-15,19-20H,4-5,8,10,16-18H2,1-3H3. The summed E-state index contributed by atoms with van der Waals surface area (Å²) in [5, 5.41) is 1.23. The third kappa shape index (κ3) is 5.61. The molecule has 40 heavy (non-hydrogen) atoms. The molecule has 0 bridgehead atoms. The molecular formula is C30H33ClN4O3S2. The van der Waals surface area contributed by atoms with Gasteiger partial charge in [-0.15, -0.1) is 0 Å². The van der Waals surface area contributed by atoms with Crippen molar-refractivity contribution in [2.45, 2.75) is 38.5 Å². The highest BCUT2D eigenvalue weighted by Crippen LogP contribution is 2.34. The summed E-state index contributed by atoms with van der Waals surface area (Å²) >= 11 is 7.72. The minimum absolute atomic E-state index is 0.167. The third-order valence-electron chi connectivity index (χ3n) is 7.41. The molecule has 0 N–H and O–H groups in total. The van der Waals surface area contributed by atoms with Crippen LogP contribution in [0.3, 0.4) is 0 Å². The van der Waals surface area contributed by atoms with E-state index < -0.39 is 10.0 Å². The summed E-state index contributed by atoms with van der Waals surface area (Å²) in [6.07, 6.45) is 1.62. The van der Waals surface area contributed by atoms with Crippen molar-refractivity contribution < 1.29 is 13.2 Å². The highest BCUT2D eigenvalue weighted by Gasteiger charge is 2.29. The molecule has 10 heteroatoms. The fourth-order valence-electron chi connectivity index (χ4n) is 5.12. The molecule has 1 aromatic heterocycles. The minimum Gasteiger partial charge on any atom is -0.302 e. The number of hydrogen-bond donors (Lipinski definition) is 0. The van der Waals surface area contributed by atoms with E-state index in [0.29, 0.717) is 35.4 Å². The summed E-state index contributed by atoms with van der Waals surface area (Å²) in [7, 11) is -3.77. The SMILES string of the molecule is CCN(CC)CCN(C(=O)c1ccc(S(=O)(=O)N2CCCc3ccccc32)cc1)c1nc2c(C)cc(Cl)cc2s1. The summed E-state index contributed by atoms with van der Waals surface area (Å²) in [4.78, 5) is 22.8. The van der Waals surface area contributed by atoms with Crippen molar-refractivity contribution in [3.63, 3.8) is 0 Å². The predicted octanol–water partition coefficient (Wildman–Crippen LogP) is 6.39. The first-order chi connectivity index (χ1) is 19.2. The molecule has 0 fully saturated rings. The van der Waals surface area contributed by atoms with Crippen LogP contribution in [0.15, 0.2) is 65.6 Å². The number of rotatable bonds is 9. The van der Waals surface area contributed by atoms with Crippen LogP contribution in [0.25, 0.3) is 10.2 Å². The molecule has 4 aromatic rings. The zero-order chi connectivity index (χ0) is 28.4. The first-order valence-corrected chi connectivity index (χ1v) is 16.2. The Morgan fingerprint density at radius 3 is 2.50 bits per heavy atom. The Morgan fingerprint density at radius 2 is 1.77 bits per heavy atom. The van der Waals surface area contributed by atoms with Crippen LogP contribution in [0.1, 0.15) is 41.8 Å². The second-order valence-electron chi connectivity index (χ2n) is 9.88. The molecule has 7 nitrogen and oxygen atoms in total. The van der Waals surface area contributed by atoms with Crippen LogP contribution in [0.2, 0.25) is 5.02 Å². The lowest BCUT2D eigenvalue weighted by molar-refractivity contribution is 0.0983. The van der Waals surface area contributed by atoms with E-state index in [2.05, 4.69) is 18.7 Å². The maximum absolute atomic E-state index is 13.9. The summed E-state index contributed by atoms with van der Waals surface area (Å²) in [5.74, 6) is -0.220. The number of likely N-dealkylation sites (N-methyl/N-ethyl adjacent to an activating group) is 1. The number of aromatic nitrogens is 1. The quantitative estimate of drug-likeness (QED) is 0.224. The number of amides is 1. The maximum Gasteiger partial charge on any atom is 0.264 e. The zero-order valence-corrected chi connectivity index (χ0v) is 25.3. The van der Waals surface area contributed by atoms with Gasteiger partial charge in [0.2, 0.25) is 0 Å². The minimum atomic E-state index is -3.77. The average molecular weight is 597 g/mol. The molecule has 0 radical (unpaired) electrons. The van der Waals surface area contributed by atoms with Gasteiger partial charge in [0.1, 0.15) is 0 Å². The molecule has 0 saturated carbocycles. The van der Waals surface area contributed by atoms with E-state index >= 15 is 0 Å². The van der Waals surface area contributed by atoms with Crippen molar-refractivity contribution >= 4 is 59.9 Å². The number of aryl methyl sites for hydroxylation is 2. The van der Waals surface area contributed by atoms with Crippen LogP contribution in [0.5, 0.6) is 0 Å². The van der Waals surface area contributed by atoms with E-state index in [1.165, 1.54) is 27.8 Å². The van der Waals surface area contributed by atoms with Crippen molar-refractivity contribution in [1.82, 2.24) is 9.88 Å². The number of para-hydroxylation sites is 1. The second kappa shape index (κ2) is 11.9. The Balaban J connectivity index is 1.45. The van der Waals surface area contributed by atoms with Crippen molar-refractivity contribution in [1.29, 1.82) is 0 Å². The number of halogens is 1. The molecule has 3 aromatic carbocycles. The van der Waals surface area contributed by atoms with Gasteiger partial charge >= 0.3 is 0 Å². The molecule has 210 valence electrons. The Hall–Kier alpha value is -2.98. The van der Waals surface area contributed by atoms with Gasteiger partial charge in [0, 0.05) is 30.2 Å². The Kier molecular flexibility index (Phi) is 8.47. The van der Waals surface area contributed by atoms with Gasteiger partial charge < -0.3 is 4.90 Å². The molecule has 0 saturated heterocycles. The number of carbonyl (C=O) groups excluding carboxylic acids is 1. The number of carbonyl (C=O) groups is 1. The smallest absolute Gasteiger partial charge is 0.264 e. The van der Waals surface area contributed by atoms with Crippen LogP contribution in [0.4, 0.5) is 10.8 Å². The molecule has 1 aliphatic heterocycles. The molecule has 1 amide bonds. The van der Waals surface area contributed by atoms with Gasteiger partial charge in [0.25, 0.3) is 15.9 Å². The normalized spacial score (nSPS) is 13.6. The summed E-state index contributed by atoms with van der Waals surface area (Å²) in [6, 6.07) is 17.6. The van der Waals surface area contributed by atoms with Crippen LogP contribution in [-0.4, -0.2) is 56.9 Å². The number of fused-ring (bicyclic) bond motifs is 2. The Morgan fingerprint density at radius 1 is 1.05 bits per heavy atom. The topological polar surface area (TPSA) is 73.8 Å². The summed E-state index contributed by atoms with van der Waals surface area (Å²) in [6.45, 7) is 9.47. The van der Waals surface area contributed by atoms with Gasteiger partial charge in [-0.1, -0.05) is 55.0 Å². The lowest BCUT2D eigenvalue weighted by atomic mass is 10.0. The van der Waals surface area contributed by atoms with Gasteiger partial charge in [-0.3, -0.25) is 14.0 Å². The van der Waals surface area contributed by atoms with E-state index in [1.807, 2.05) is 43.3 Å². The van der Waals surface area contributed by atoms with E-state index in [1.54, 1.807) is 17.0 Å². The van der Waals surface area contributed by atoms with Crippen LogP contribution in [0, 0.1) is 6.92 Å². The number of sulfonamides is 1. The number of anilines is 2. The number of nitrogens with zero attached hydrogens (tertiary/aromatic N) is 4. The van der Waals surface area contributed by atoms with Gasteiger partial charge in [0.05, 0.1) is 20.8 Å². The Bertz CT molecular complexity index is 1630. The van der Waals surface area contributed by atoms with Gasteiger partial charge in [-0.05, 0) is 86.4 Å². The van der Waals surface area contributed by atoms with Gasteiger partial charge in [0.15, 0.2) is 5.13 Å². The monoisotopic (exact) mass is 596 g/mol. The second-order valence-corrected chi connectivity index (χ2v) is 13.2. The fraction of sp³-hybridized carbons (Fsp3) is 0.333. The van der Waals surface area contributed by atoms with Crippen LogP contribution in [-0.2, 0) is 16.4 Å². The van der Waals surface area contributed by atoms with Crippen LogP contribution >= 0.6 is 22.9 Å². The van der Waals surface area contributed by atoms with E-state index in [-0.39, 0.29) is 10.8 Å². The lowest BCUT2D eigenvalue weighted by Gasteiger charge is -2.30. The molecular weight excluding hydrogens is 564 g/mol. The largest absolute Gasteiger partial charge is 0.302 e. The molecule has 1 aliphatic rings. The number of benzene rings is 3. The molecule has 0 atom stereocenters. The van der Waals surface area contributed by atoms with Crippen molar-refractivity contribution in [3.05, 3.63) is 82.4 Å². The number of hydrogen-bond acceptors (Lipinski definition) is 6. The Labute approximate surface area is 245 Å². The summed E-state index contributed by atoms with van der Waals surface area (Å²) in [5.41, 5.74) is 3.94. The van der Waals surface area contributed by atoms with Crippen molar-refractivity contribution in [3.8, 4) is 0 Å². The average Bonchev–Trinajstić information content (AvgIpc) is 3.39. The molecule has 5 rings (SSSR count). The molecule has 0 spiro atoms. The first kappa shape index (κ1) is 28.5. The first-order valence-electron chi connectivity index (χ1n) is 13.5. The van der Waals surface area contributed by atoms with E-state index in [0.717, 1.165) is 53.0 Å². The fourth-order valence-corrected chi connectivity index (χ4v) is 8.11. The predicted molar refractivity (Wildman–Crippen MR) is 165 cm³/mol. The highest BCUT2D eigenvalue weighted by molar-refractivity contribution is 7.92. The van der Waals surface area contributed by atoms with E-state index in [9.17, 15) is 13.2 Å². The lowest BCUT2D eigenvalue weighted by Crippen LogP contribution is -2.39. The van der Waals surface area contributed by atoms with Crippen molar-refractivity contribution in [2.75, 3.05) is 41.9 Å². The van der Waals surface area contributed by atoms with Gasteiger partial charge in [-0.2, -0.15) is 0 Å². The third-order valence-corrected chi connectivity index (χ3v) is 10.5.